The second-order valence-corrected chi connectivity index (χ2v) is 18.0. The van der Waals surface area contributed by atoms with Crippen molar-refractivity contribution in [1.82, 2.24) is 15.0 Å². The smallest absolute Gasteiger partial charge is 0.238 e. The first-order valence-corrected chi connectivity index (χ1v) is 23.5. The summed E-state index contributed by atoms with van der Waals surface area (Å²) in [5.74, 6) is 1.72. The van der Waals surface area contributed by atoms with Gasteiger partial charge < -0.3 is 0 Å². The number of hydrogen-bond donors (Lipinski definition) is 0. The Morgan fingerprint density at radius 1 is 0.338 bits per heavy atom. The lowest BCUT2D eigenvalue weighted by atomic mass is 9.77. The maximum absolute atomic E-state index is 5.45. The van der Waals surface area contributed by atoms with Crippen LogP contribution in [0.2, 0.25) is 0 Å². The molecule has 0 fully saturated rings. The molecule has 4 nitrogen and oxygen atoms in total. The lowest BCUT2D eigenvalue weighted by Crippen LogP contribution is -2.17. The topological polar surface area (TPSA) is 41.9 Å². The van der Waals surface area contributed by atoms with Crippen molar-refractivity contribution in [2.24, 2.45) is 0 Å². The van der Waals surface area contributed by atoms with Gasteiger partial charge in [-0.05, 0) is 139 Å². The van der Waals surface area contributed by atoms with Gasteiger partial charge in [0, 0.05) is 28.3 Å². The number of aromatic nitrogens is 3. The molecule has 0 spiro atoms. The van der Waals surface area contributed by atoms with Crippen molar-refractivity contribution in [2.45, 2.75) is 47.5 Å². The highest BCUT2D eigenvalue weighted by Gasteiger charge is 2.27. The molecule has 4 heteroatoms. The average molecular weight is 879 g/mol. The summed E-state index contributed by atoms with van der Waals surface area (Å²) in [6.07, 6.45) is 0. The molecule has 10 rings (SSSR count). The molecule has 0 saturated heterocycles. The van der Waals surface area contributed by atoms with Crippen molar-refractivity contribution in [3.05, 3.63) is 262 Å². The van der Waals surface area contributed by atoms with Crippen molar-refractivity contribution in [2.75, 3.05) is 4.90 Å². The molecule has 0 aliphatic carbocycles. The molecule has 1 heterocycles. The normalized spacial score (nSPS) is 11.2. The lowest BCUT2D eigenvalue weighted by molar-refractivity contribution is 0.919. The summed E-state index contributed by atoms with van der Waals surface area (Å²) in [5, 5.41) is 0. The Morgan fingerprint density at radius 3 is 1.21 bits per heavy atom. The molecule has 0 aliphatic rings. The second kappa shape index (κ2) is 18.9. The van der Waals surface area contributed by atoms with Crippen molar-refractivity contribution in [1.29, 1.82) is 0 Å². The summed E-state index contributed by atoms with van der Waals surface area (Å²) in [7, 11) is 0. The first kappa shape index (κ1) is 43.7. The summed E-state index contributed by atoms with van der Waals surface area (Å²) < 4.78 is 0. The Hall–Kier alpha value is -8.21. The van der Waals surface area contributed by atoms with Crippen LogP contribution in [0, 0.1) is 41.5 Å². The summed E-state index contributed by atoms with van der Waals surface area (Å²) >= 11 is 0. The fourth-order valence-electron chi connectivity index (χ4n) is 10.1. The van der Waals surface area contributed by atoms with Crippen LogP contribution in [0.25, 0.3) is 56.2 Å². The van der Waals surface area contributed by atoms with Gasteiger partial charge in [0.1, 0.15) is 0 Å². The zero-order chi connectivity index (χ0) is 46.7. The van der Waals surface area contributed by atoms with E-state index in [0.717, 1.165) is 55.9 Å². The molecule has 0 N–H and O–H groups in total. The first-order valence-electron chi connectivity index (χ1n) is 23.5. The van der Waals surface area contributed by atoms with Crippen molar-refractivity contribution in [3.63, 3.8) is 0 Å². The molecule has 0 bridgehead atoms. The number of aryl methyl sites for hydroxylation is 6. The Balaban J connectivity index is 1.20. The number of rotatable bonds is 11. The van der Waals surface area contributed by atoms with E-state index in [4.69, 9.17) is 15.0 Å². The number of benzene rings is 9. The Bertz CT molecular complexity index is 3190. The van der Waals surface area contributed by atoms with Gasteiger partial charge in [0.2, 0.25) is 5.95 Å². The van der Waals surface area contributed by atoms with Gasteiger partial charge in [-0.2, -0.15) is 9.97 Å². The van der Waals surface area contributed by atoms with Gasteiger partial charge >= 0.3 is 0 Å². The van der Waals surface area contributed by atoms with Gasteiger partial charge in [-0.3, -0.25) is 4.90 Å². The van der Waals surface area contributed by atoms with E-state index in [9.17, 15) is 0 Å². The van der Waals surface area contributed by atoms with E-state index in [1.54, 1.807) is 0 Å². The molecule has 0 saturated carbocycles. The minimum atomic E-state index is 0.0273. The molecule has 330 valence electrons. The van der Waals surface area contributed by atoms with Gasteiger partial charge in [0.15, 0.2) is 11.6 Å². The second-order valence-electron chi connectivity index (χ2n) is 18.0. The highest BCUT2D eigenvalue weighted by atomic mass is 15.3. The molecular formula is C64H54N4. The summed E-state index contributed by atoms with van der Waals surface area (Å²) in [4.78, 5) is 18.4. The van der Waals surface area contributed by atoms with Crippen LogP contribution in [-0.4, -0.2) is 15.0 Å². The van der Waals surface area contributed by atoms with Crippen molar-refractivity contribution < 1.29 is 0 Å². The van der Waals surface area contributed by atoms with E-state index < -0.39 is 0 Å². The third-order valence-electron chi connectivity index (χ3n) is 13.0. The zero-order valence-electron chi connectivity index (χ0n) is 39.6. The molecule has 9 aromatic carbocycles. The van der Waals surface area contributed by atoms with E-state index in [0.29, 0.717) is 17.6 Å². The predicted molar refractivity (Wildman–Crippen MR) is 284 cm³/mol. The summed E-state index contributed by atoms with van der Waals surface area (Å²) in [6.45, 7) is 13.4. The van der Waals surface area contributed by atoms with E-state index in [-0.39, 0.29) is 5.92 Å². The van der Waals surface area contributed by atoms with Crippen LogP contribution in [0.5, 0.6) is 0 Å². The third kappa shape index (κ3) is 8.89. The van der Waals surface area contributed by atoms with Crippen molar-refractivity contribution in [3.8, 4) is 56.2 Å². The number of anilines is 3. The fraction of sp³-hybridized carbons (Fsp3) is 0.109. The number of nitrogens with zero attached hydrogens (tertiary/aromatic N) is 4. The van der Waals surface area contributed by atoms with E-state index >= 15 is 0 Å². The van der Waals surface area contributed by atoms with Crippen LogP contribution in [-0.2, 0) is 0 Å². The summed E-state index contributed by atoms with van der Waals surface area (Å²) in [6, 6.07) is 75.5. The van der Waals surface area contributed by atoms with Gasteiger partial charge in [-0.15, -0.1) is 0 Å². The molecule has 0 aliphatic heterocycles. The number of para-hydroxylation sites is 1. The van der Waals surface area contributed by atoms with Gasteiger partial charge in [-0.25, -0.2) is 4.98 Å². The highest BCUT2D eigenvalue weighted by Crippen LogP contribution is 2.44. The lowest BCUT2D eigenvalue weighted by Gasteiger charge is -2.29. The minimum absolute atomic E-state index is 0.0273. The van der Waals surface area contributed by atoms with Crippen LogP contribution < -0.4 is 4.90 Å². The molecule has 1 aromatic heterocycles. The standard InChI is InChI=1S/C64H54N4/c1-42-36-44(3)59(45(4)37-42)61(60-46(5)38-43(2)39-47(60)6)51-32-34-56(35-33-51)68(58-31-17-16-30-57(58)50-24-14-9-15-25-50)64-66-62(54-28-18-26-52(40-54)48-20-10-7-11-21-48)65-63(67-64)55-29-19-27-53(41-55)49-22-12-8-13-23-49/h7-41,61H,1-6H3. The molecule has 0 amide bonds. The fourth-order valence-corrected chi connectivity index (χ4v) is 10.1. The van der Waals surface area contributed by atoms with Crippen molar-refractivity contribution >= 4 is 17.3 Å². The average Bonchev–Trinajstić information content (AvgIpc) is 3.36. The first-order chi connectivity index (χ1) is 33.2. The monoisotopic (exact) mass is 878 g/mol. The summed E-state index contributed by atoms with van der Waals surface area (Å²) in [5.41, 5.74) is 22.0. The quantitative estimate of drug-likeness (QED) is 0.121. The van der Waals surface area contributed by atoms with Crippen LogP contribution in [0.15, 0.2) is 212 Å². The number of hydrogen-bond acceptors (Lipinski definition) is 4. The van der Waals surface area contributed by atoms with E-state index in [2.05, 4.69) is 247 Å². The molecule has 0 radical (unpaired) electrons. The maximum atomic E-state index is 5.45. The zero-order valence-corrected chi connectivity index (χ0v) is 39.6. The van der Waals surface area contributed by atoms with Crippen LogP contribution in [0.3, 0.4) is 0 Å². The molecule has 68 heavy (non-hydrogen) atoms. The molecule has 0 unspecified atom stereocenters. The Morgan fingerprint density at radius 2 is 0.735 bits per heavy atom. The van der Waals surface area contributed by atoms with E-state index in [1.807, 2.05) is 12.1 Å². The van der Waals surface area contributed by atoms with Gasteiger partial charge in [0.25, 0.3) is 0 Å². The SMILES string of the molecule is Cc1cc(C)c(C(c2ccc(N(c3nc(-c4cccc(-c5ccccc5)c4)nc(-c4cccc(-c5ccccc5)c4)n3)c3ccccc3-c3ccccc3)cc2)c2c(C)cc(C)cc2C)c(C)c1. The largest absolute Gasteiger partial charge is 0.278 e. The molecule has 10 aromatic rings. The van der Waals surface area contributed by atoms with Crippen LogP contribution in [0.1, 0.15) is 56.0 Å². The Labute approximate surface area is 401 Å². The maximum Gasteiger partial charge on any atom is 0.238 e. The minimum Gasteiger partial charge on any atom is -0.278 e. The van der Waals surface area contributed by atoms with Gasteiger partial charge in [-0.1, -0.05) is 193 Å². The Kier molecular flexibility index (Phi) is 12.2. The molecular weight excluding hydrogens is 825 g/mol. The third-order valence-corrected chi connectivity index (χ3v) is 13.0. The van der Waals surface area contributed by atoms with Crippen LogP contribution >= 0.6 is 0 Å². The highest BCUT2D eigenvalue weighted by molar-refractivity contribution is 5.87. The predicted octanol–water partition coefficient (Wildman–Crippen LogP) is 16.7. The van der Waals surface area contributed by atoms with Gasteiger partial charge in [0.05, 0.1) is 5.69 Å². The van der Waals surface area contributed by atoms with E-state index in [1.165, 1.54) is 50.1 Å². The molecule has 0 atom stereocenters. The van der Waals surface area contributed by atoms with Crippen LogP contribution in [0.4, 0.5) is 17.3 Å².